The van der Waals surface area contributed by atoms with E-state index in [1.54, 1.807) is 0 Å². The number of aromatic hydroxyl groups is 1. The second-order valence-electron chi connectivity index (χ2n) is 6.07. The first-order valence-electron chi connectivity index (χ1n) is 7.80. The number of hydrogen-bond donors (Lipinski definition) is 2. The van der Waals surface area contributed by atoms with Gasteiger partial charge in [0.25, 0.3) is 0 Å². The van der Waals surface area contributed by atoms with Gasteiger partial charge in [-0.15, -0.1) is 24.8 Å². The maximum atomic E-state index is 14.4. The zero-order valence-electron chi connectivity index (χ0n) is 12.9. The van der Waals surface area contributed by atoms with E-state index in [1.807, 2.05) is 0 Å². The summed E-state index contributed by atoms with van der Waals surface area (Å²) in [5.41, 5.74) is 0.399. The van der Waals surface area contributed by atoms with Crippen molar-refractivity contribution in [2.45, 2.75) is 31.7 Å². The predicted octanol–water partition coefficient (Wildman–Crippen LogP) is 4.16. The highest BCUT2D eigenvalue weighted by Crippen LogP contribution is 2.45. The minimum absolute atomic E-state index is 0. The van der Waals surface area contributed by atoms with E-state index < -0.39 is 0 Å². The van der Waals surface area contributed by atoms with Crippen molar-refractivity contribution < 1.29 is 9.50 Å². The Bertz CT molecular complexity index is 506. The molecule has 0 bridgehead atoms. The molecule has 7 heteroatoms. The van der Waals surface area contributed by atoms with Gasteiger partial charge < -0.3 is 10.4 Å². The van der Waals surface area contributed by atoms with Crippen LogP contribution in [0.4, 0.5) is 4.39 Å². The maximum Gasteiger partial charge on any atom is 0.141 e. The Morgan fingerprint density at radius 2 is 1.78 bits per heavy atom. The van der Waals surface area contributed by atoms with Crippen LogP contribution in [0, 0.1) is 11.7 Å². The van der Waals surface area contributed by atoms with Crippen molar-refractivity contribution in [3.8, 4) is 5.75 Å². The molecule has 0 aromatic heterocycles. The number of rotatable bonds is 3. The van der Waals surface area contributed by atoms with Crippen LogP contribution in [0.15, 0.2) is 12.1 Å². The van der Waals surface area contributed by atoms with Gasteiger partial charge in [0.2, 0.25) is 0 Å². The Hall–Kier alpha value is -0.260. The lowest BCUT2D eigenvalue weighted by molar-refractivity contribution is 0.120. The molecule has 3 rings (SSSR count). The fourth-order valence-electron chi connectivity index (χ4n) is 3.79. The van der Waals surface area contributed by atoms with Crippen LogP contribution in [0.1, 0.15) is 37.3 Å². The molecule has 1 saturated heterocycles. The largest absolute Gasteiger partial charge is 0.506 e. The fraction of sp³-hybridized carbons (Fsp3) is 0.625. The van der Waals surface area contributed by atoms with Crippen LogP contribution >= 0.6 is 36.4 Å². The minimum atomic E-state index is -0.340. The predicted molar refractivity (Wildman–Crippen MR) is 96.7 cm³/mol. The van der Waals surface area contributed by atoms with Crippen molar-refractivity contribution in [3.63, 3.8) is 0 Å². The molecule has 3 nitrogen and oxygen atoms in total. The third-order valence-electron chi connectivity index (χ3n) is 4.80. The highest BCUT2D eigenvalue weighted by atomic mass is 35.5. The molecule has 1 aliphatic heterocycles. The summed E-state index contributed by atoms with van der Waals surface area (Å²) in [6, 6.07) is 2.74. The van der Waals surface area contributed by atoms with E-state index in [0.717, 1.165) is 39.0 Å². The maximum absolute atomic E-state index is 14.4. The smallest absolute Gasteiger partial charge is 0.141 e. The fourth-order valence-corrected chi connectivity index (χ4v) is 3.95. The van der Waals surface area contributed by atoms with Gasteiger partial charge in [-0.3, -0.25) is 4.90 Å². The van der Waals surface area contributed by atoms with Gasteiger partial charge in [0, 0.05) is 37.8 Å². The lowest BCUT2D eigenvalue weighted by Gasteiger charge is -2.39. The van der Waals surface area contributed by atoms with Gasteiger partial charge in [0.15, 0.2) is 0 Å². The summed E-state index contributed by atoms with van der Waals surface area (Å²) in [5.74, 6) is -0.0126. The molecular weight excluding hydrogens is 362 g/mol. The first kappa shape index (κ1) is 20.8. The summed E-state index contributed by atoms with van der Waals surface area (Å²) in [7, 11) is 0. The molecule has 23 heavy (non-hydrogen) atoms. The Morgan fingerprint density at radius 3 is 2.39 bits per heavy atom. The van der Waals surface area contributed by atoms with Crippen molar-refractivity contribution in [1.82, 2.24) is 10.2 Å². The zero-order valence-corrected chi connectivity index (χ0v) is 15.3. The van der Waals surface area contributed by atoms with Gasteiger partial charge in [0.1, 0.15) is 11.6 Å². The molecule has 1 aromatic rings. The first-order valence-corrected chi connectivity index (χ1v) is 8.18. The molecule has 0 spiro atoms. The second-order valence-corrected chi connectivity index (χ2v) is 6.47. The van der Waals surface area contributed by atoms with Crippen LogP contribution in [-0.2, 0) is 0 Å². The average molecular weight is 386 g/mol. The number of hydrogen-bond acceptors (Lipinski definition) is 3. The number of phenolic OH excluding ortho intramolecular Hbond substituents is 1. The molecule has 1 saturated carbocycles. The molecule has 2 aliphatic rings. The molecule has 2 fully saturated rings. The van der Waals surface area contributed by atoms with Crippen LogP contribution in [0.25, 0.3) is 0 Å². The molecule has 132 valence electrons. The topological polar surface area (TPSA) is 35.5 Å². The van der Waals surface area contributed by atoms with E-state index in [-0.39, 0.29) is 47.4 Å². The van der Waals surface area contributed by atoms with Crippen LogP contribution in [0.5, 0.6) is 5.75 Å². The Morgan fingerprint density at radius 1 is 1.17 bits per heavy atom. The summed E-state index contributed by atoms with van der Waals surface area (Å²) < 4.78 is 14.4. The summed E-state index contributed by atoms with van der Waals surface area (Å²) in [5, 5.41) is 13.9. The summed E-state index contributed by atoms with van der Waals surface area (Å²) in [4.78, 5) is 2.31. The van der Waals surface area contributed by atoms with Gasteiger partial charge in [-0.1, -0.05) is 24.4 Å². The van der Waals surface area contributed by atoms with Crippen molar-refractivity contribution in [2.75, 3.05) is 26.2 Å². The highest BCUT2D eigenvalue weighted by Gasteiger charge is 2.35. The average Bonchev–Trinajstić information content (AvgIpc) is 3.02. The molecule has 2 N–H and O–H groups in total. The zero-order chi connectivity index (χ0) is 14.8. The monoisotopic (exact) mass is 384 g/mol. The Balaban J connectivity index is 0.00000132. The van der Waals surface area contributed by atoms with Crippen molar-refractivity contribution in [3.05, 3.63) is 28.5 Å². The van der Waals surface area contributed by atoms with E-state index in [1.165, 1.54) is 25.0 Å². The molecule has 0 unspecified atom stereocenters. The molecule has 1 heterocycles. The quantitative estimate of drug-likeness (QED) is 0.820. The standard InChI is InChI=1S/C16H22ClFN2O.2ClH/c17-12-5-6-13(18)14(16(12)21)15(11-3-1-2-4-11)20-9-7-19-8-10-20;;/h5-6,11,15,19,21H,1-4,7-10H2;2*1H/t15-;;/m1../s1. The minimum Gasteiger partial charge on any atom is -0.506 e. The third-order valence-corrected chi connectivity index (χ3v) is 5.11. The van der Waals surface area contributed by atoms with Gasteiger partial charge in [-0.25, -0.2) is 4.39 Å². The van der Waals surface area contributed by atoms with Crippen molar-refractivity contribution in [2.24, 2.45) is 5.92 Å². The summed E-state index contributed by atoms with van der Waals surface area (Å²) in [6.45, 7) is 3.58. The van der Waals surface area contributed by atoms with Crippen molar-refractivity contribution >= 4 is 36.4 Å². The lowest BCUT2D eigenvalue weighted by atomic mass is 9.88. The molecule has 0 radical (unpaired) electrons. The van der Waals surface area contributed by atoms with Crippen LogP contribution in [0.3, 0.4) is 0 Å². The molecular formula is C16H24Cl3FN2O. The number of halogens is 4. The number of nitrogens with one attached hydrogen (secondary N) is 1. The normalized spacial score (nSPS) is 20.6. The van der Waals surface area contributed by atoms with Crippen LogP contribution < -0.4 is 5.32 Å². The Labute approximate surface area is 154 Å². The number of nitrogens with zero attached hydrogens (tertiary/aromatic N) is 1. The van der Waals surface area contributed by atoms with Crippen LogP contribution in [0.2, 0.25) is 5.02 Å². The van der Waals surface area contributed by atoms with Crippen molar-refractivity contribution in [1.29, 1.82) is 0 Å². The van der Waals surface area contributed by atoms with Gasteiger partial charge >= 0.3 is 0 Å². The van der Waals surface area contributed by atoms with E-state index in [0.29, 0.717) is 11.5 Å². The third kappa shape index (κ3) is 4.43. The van der Waals surface area contributed by atoms with E-state index in [2.05, 4.69) is 10.2 Å². The first-order chi connectivity index (χ1) is 10.2. The highest BCUT2D eigenvalue weighted by molar-refractivity contribution is 6.32. The van der Waals surface area contributed by atoms with Gasteiger partial charge in [0.05, 0.1) is 5.02 Å². The number of piperazine rings is 1. The lowest BCUT2D eigenvalue weighted by Crippen LogP contribution is -2.47. The molecule has 1 atom stereocenters. The molecule has 0 amide bonds. The van der Waals surface area contributed by atoms with E-state index in [4.69, 9.17) is 11.6 Å². The number of phenols is 1. The Kier molecular flexibility index (Phi) is 8.39. The van der Waals surface area contributed by atoms with Gasteiger partial charge in [-0.05, 0) is 30.9 Å². The second kappa shape index (κ2) is 9.28. The molecule has 1 aromatic carbocycles. The summed E-state index contributed by atoms with van der Waals surface area (Å²) in [6.07, 6.45) is 4.58. The van der Waals surface area contributed by atoms with Crippen LogP contribution in [-0.4, -0.2) is 36.2 Å². The van der Waals surface area contributed by atoms with E-state index in [9.17, 15) is 9.50 Å². The number of benzene rings is 1. The molecule has 1 aliphatic carbocycles. The summed E-state index contributed by atoms with van der Waals surface area (Å²) >= 11 is 6.03. The SMILES string of the molecule is Cl.Cl.Oc1c(Cl)ccc(F)c1[C@@H](C1CCCC1)N1CCNCC1. The van der Waals surface area contributed by atoms with E-state index >= 15 is 0 Å². The van der Waals surface area contributed by atoms with Gasteiger partial charge in [-0.2, -0.15) is 0 Å².